The average Bonchev–Trinajstić information content (AvgIpc) is 2.43. The topological polar surface area (TPSA) is 15.3 Å². The van der Waals surface area contributed by atoms with E-state index in [4.69, 9.17) is 0 Å². The molecule has 2 aliphatic heterocycles. The van der Waals surface area contributed by atoms with E-state index in [0.717, 1.165) is 6.54 Å². The second-order valence-electron chi connectivity index (χ2n) is 5.82. The van der Waals surface area contributed by atoms with Gasteiger partial charge in [0.2, 0.25) is 0 Å². The Morgan fingerprint density at radius 1 is 1.06 bits per heavy atom. The maximum Gasteiger partial charge on any atom is 0.0421 e. The molecule has 2 aliphatic rings. The van der Waals surface area contributed by atoms with Crippen molar-refractivity contribution in [2.45, 2.75) is 45.6 Å². The lowest BCUT2D eigenvalue weighted by Crippen LogP contribution is -2.37. The molecule has 0 saturated carbocycles. The van der Waals surface area contributed by atoms with E-state index in [-0.39, 0.29) is 0 Å². The van der Waals surface area contributed by atoms with Crippen molar-refractivity contribution in [1.29, 1.82) is 0 Å². The lowest BCUT2D eigenvalue weighted by Gasteiger charge is -2.39. The molecule has 0 amide bonds. The summed E-state index contributed by atoms with van der Waals surface area (Å²) < 4.78 is 0. The van der Waals surface area contributed by atoms with Crippen LogP contribution in [0.5, 0.6) is 0 Å². The number of rotatable bonds is 1. The number of fused-ring (bicyclic) bond motifs is 1. The van der Waals surface area contributed by atoms with Crippen LogP contribution in [0.15, 0.2) is 12.1 Å². The third-order valence-corrected chi connectivity index (χ3v) is 4.56. The van der Waals surface area contributed by atoms with Gasteiger partial charge in [-0.2, -0.15) is 0 Å². The molecule has 1 aromatic rings. The molecule has 2 nitrogen and oxygen atoms in total. The largest absolute Gasteiger partial charge is 0.384 e. The van der Waals surface area contributed by atoms with Crippen LogP contribution < -0.4 is 5.32 Å². The Balaban J connectivity index is 1.97. The first-order valence-corrected chi connectivity index (χ1v) is 7.35. The number of hydrogen-bond acceptors (Lipinski definition) is 2. The molecule has 1 atom stereocenters. The van der Waals surface area contributed by atoms with Crippen molar-refractivity contribution in [2.24, 2.45) is 0 Å². The zero-order chi connectivity index (χ0) is 12.5. The summed E-state index contributed by atoms with van der Waals surface area (Å²) in [6, 6.07) is 5.19. The van der Waals surface area contributed by atoms with E-state index in [1.807, 2.05) is 0 Å². The Hall–Kier alpha value is -1.02. The average molecular weight is 244 g/mol. The van der Waals surface area contributed by atoms with Gasteiger partial charge in [-0.15, -0.1) is 0 Å². The molecule has 1 aromatic carbocycles. The van der Waals surface area contributed by atoms with Crippen molar-refractivity contribution in [3.63, 3.8) is 0 Å². The van der Waals surface area contributed by atoms with E-state index in [9.17, 15) is 0 Å². The van der Waals surface area contributed by atoms with Gasteiger partial charge in [-0.1, -0.05) is 18.6 Å². The Bertz CT molecular complexity index is 433. The number of aryl methyl sites for hydroxylation is 2. The summed E-state index contributed by atoms with van der Waals surface area (Å²) in [5.41, 5.74) is 5.84. The highest BCUT2D eigenvalue weighted by atomic mass is 15.2. The number of piperidine rings is 1. The minimum Gasteiger partial charge on any atom is -0.384 e. The zero-order valence-electron chi connectivity index (χ0n) is 11.6. The minimum absolute atomic E-state index is 0.654. The van der Waals surface area contributed by atoms with Gasteiger partial charge in [0.25, 0.3) is 0 Å². The smallest absolute Gasteiger partial charge is 0.0421 e. The quantitative estimate of drug-likeness (QED) is 0.811. The van der Waals surface area contributed by atoms with Crippen LogP contribution >= 0.6 is 0 Å². The standard InChI is InChI=1S/C16H24N2/c1-12-6-7-13(2)16-15(12)14(8-9-17-16)18-10-4-3-5-11-18/h6-7,14,17H,3-5,8-11H2,1-2H3. The van der Waals surface area contributed by atoms with E-state index in [1.165, 1.54) is 55.6 Å². The molecule has 1 unspecified atom stereocenters. The molecule has 0 spiro atoms. The molecule has 2 heterocycles. The summed E-state index contributed by atoms with van der Waals surface area (Å²) >= 11 is 0. The molecule has 0 radical (unpaired) electrons. The van der Waals surface area contributed by atoms with Crippen molar-refractivity contribution in [1.82, 2.24) is 4.90 Å². The summed E-state index contributed by atoms with van der Waals surface area (Å²) in [6.07, 6.45) is 5.44. The van der Waals surface area contributed by atoms with Gasteiger partial charge >= 0.3 is 0 Å². The lowest BCUT2D eigenvalue weighted by atomic mass is 9.89. The predicted octanol–water partition coefficient (Wildman–Crippen LogP) is 3.65. The number of likely N-dealkylation sites (tertiary alicyclic amines) is 1. The summed E-state index contributed by atoms with van der Waals surface area (Å²) in [7, 11) is 0. The number of benzene rings is 1. The summed E-state index contributed by atoms with van der Waals surface area (Å²) in [5, 5.41) is 3.61. The van der Waals surface area contributed by atoms with Crippen LogP contribution in [0.4, 0.5) is 5.69 Å². The number of nitrogens with zero attached hydrogens (tertiary/aromatic N) is 1. The molecule has 98 valence electrons. The Morgan fingerprint density at radius 2 is 1.78 bits per heavy atom. The third-order valence-electron chi connectivity index (χ3n) is 4.56. The molecular weight excluding hydrogens is 220 g/mol. The van der Waals surface area contributed by atoms with Gasteiger partial charge < -0.3 is 5.32 Å². The van der Waals surface area contributed by atoms with E-state index in [2.05, 4.69) is 36.2 Å². The molecule has 0 bridgehead atoms. The van der Waals surface area contributed by atoms with Crippen molar-refractivity contribution >= 4 is 5.69 Å². The van der Waals surface area contributed by atoms with E-state index < -0.39 is 0 Å². The highest BCUT2D eigenvalue weighted by Crippen LogP contribution is 2.39. The molecule has 1 saturated heterocycles. The number of nitrogens with one attached hydrogen (secondary N) is 1. The van der Waals surface area contributed by atoms with Crippen LogP contribution in [0, 0.1) is 13.8 Å². The molecule has 3 rings (SSSR count). The number of hydrogen-bond donors (Lipinski definition) is 1. The Labute approximate surface area is 110 Å². The van der Waals surface area contributed by atoms with Gasteiger partial charge in [0.1, 0.15) is 0 Å². The van der Waals surface area contributed by atoms with Crippen LogP contribution in [0.1, 0.15) is 48.4 Å². The molecule has 1 fully saturated rings. The normalized spacial score (nSPS) is 24.4. The zero-order valence-corrected chi connectivity index (χ0v) is 11.6. The first-order valence-electron chi connectivity index (χ1n) is 7.35. The van der Waals surface area contributed by atoms with Crippen molar-refractivity contribution in [2.75, 3.05) is 25.0 Å². The van der Waals surface area contributed by atoms with Crippen LogP contribution in [-0.4, -0.2) is 24.5 Å². The van der Waals surface area contributed by atoms with Gasteiger partial charge in [0.15, 0.2) is 0 Å². The molecule has 0 aliphatic carbocycles. The van der Waals surface area contributed by atoms with Crippen LogP contribution in [0.2, 0.25) is 0 Å². The fourth-order valence-corrected chi connectivity index (χ4v) is 3.57. The number of anilines is 1. The summed E-state index contributed by atoms with van der Waals surface area (Å²) in [5.74, 6) is 0. The van der Waals surface area contributed by atoms with E-state index in [0.29, 0.717) is 6.04 Å². The molecule has 1 N–H and O–H groups in total. The third kappa shape index (κ3) is 2.03. The van der Waals surface area contributed by atoms with Gasteiger partial charge in [-0.05, 0) is 62.9 Å². The molecular formula is C16H24N2. The highest BCUT2D eigenvalue weighted by Gasteiger charge is 2.28. The van der Waals surface area contributed by atoms with Crippen molar-refractivity contribution < 1.29 is 0 Å². The Kier molecular flexibility index (Phi) is 3.29. The molecule has 0 aromatic heterocycles. The summed E-state index contributed by atoms with van der Waals surface area (Å²) in [4.78, 5) is 2.72. The highest BCUT2D eigenvalue weighted by molar-refractivity contribution is 5.62. The first kappa shape index (κ1) is 12.0. The second-order valence-corrected chi connectivity index (χ2v) is 5.82. The molecule has 18 heavy (non-hydrogen) atoms. The minimum atomic E-state index is 0.654. The van der Waals surface area contributed by atoms with E-state index in [1.54, 1.807) is 5.56 Å². The van der Waals surface area contributed by atoms with Gasteiger partial charge in [0, 0.05) is 18.3 Å². The van der Waals surface area contributed by atoms with Crippen LogP contribution in [0.3, 0.4) is 0 Å². The second kappa shape index (κ2) is 4.93. The lowest BCUT2D eigenvalue weighted by molar-refractivity contribution is 0.155. The van der Waals surface area contributed by atoms with Gasteiger partial charge in [-0.3, -0.25) is 4.90 Å². The van der Waals surface area contributed by atoms with Gasteiger partial charge in [0.05, 0.1) is 0 Å². The maximum atomic E-state index is 3.61. The maximum absolute atomic E-state index is 3.61. The van der Waals surface area contributed by atoms with Gasteiger partial charge in [-0.25, -0.2) is 0 Å². The van der Waals surface area contributed by atoms with Crippen LogP contribution in [-0.2, 0) is 0 Å². The summed E-state index contributed by atoms with van der Waals surface area (Å²) in [6.45, 7) is 8.19. The Morgan fingerprint density at radius 3 is 2.56 bits per heavy atom. The predicted molar refractivity (Wildman–Crippen MR) is 77.2 cm³/mol. The SMILES string of the molecule is Cc1ccc(C)c2c1NCCC2N1CCCCC1. The van der Waals surface area contributed by atoms with Crippen LogP contribution in [0.25, 0.3) is 0 Å². The fourth-order valence-electron chi connectivity index (χ4n) is 3.57. The molecule has 2 heteroatoms. The van der Waals surface area contributed by atoms with Crippen molar-refractivity contribution in [3.8, 4) is 0 Å². The fraction of sp³-hybridized carbons (Fsp3) is 0.625. The monoisotopic (exact) mass is 244 g/mol. The first-order chi connectivity index (χ1) is 8.77. The van der Waals surface area contributed by atoms with Crippen molar-refractivity contribution in [3.05, 3.63) is 28.8 Å². The van der Waals surface area contributed by atoms with E-state index >= 15 is 0 Å².